The number of aryl methyl sites for hydroxylation is 2. The quantitative estimate of drug-likeness (QED) is 0.430. The van der Waals surface area contributed by atoms with E-state index in [-0.39, 0.29) is 0 Å². The number of anilines is 3. The fourth-order valence-corrected chi connectivity index (χ4v) is 4.29. The standard InChI is InChI=1S/C21H19NOS/c1-14-4-10-18-20(12-14)24-21-13-15(2)5-11-19(21)22(18)16-6-8-17(23-3)9-7-16/h4-13H,1-3H3. The molecule has 120 valence electrons. The van der Waals surface area contributed by atoms with Gasteiger partial charge in [-0.1, -0.05) is 23.9 Å². The van der Waals surface area contributed by atoms with E-state index in [0.29, 0.717) is 0 Å². The Morgan fingerprint density at radius 2 is 1.29 bits per heavy atom. The van der Waals surface area contributed by atoms with Gasteiger partial charge in [0.15, 0.2) is 0 Å². The molecular weight excluding hydrogens is 314 g/mol. The Hall–Kier alpha value is -2.39. The largest absolute Gasteiger partial charge is 0.497 e. The summed E-state index contributed by atoms with van der Waals surface area (Å²) in [5.41, 5.74) is 6.17. The SMILES string of the molecule is COc1ccc(N2c3ccc(C)cc3Sc3cc(C)ccc32)cc1. The van der Waals surface area contributed by atoms with E-state index in [9.17, 15) is 0 Å². The average Bonchev–Trinajstić information content (AvgIpc) is 2.59. The number of methoxy groups -OCH3 is 1. The van der Waals surface area contributed by atoms with Crippen molar-refractivity contribution in [3.8, 4) is 5.75 Å². The van der Waals surface area contributed by atoms with Crippen LogP contribution in [0.15, 0.2) is 70.5 Å². The molecule has 0 fully saturated rings. The summed E-state index contributed by atoms with van der Waals surface area (Å²) < 4.78 is 5.30. The van der Waals surface area contributed by atoms with E-state index in [0.717, 1.165) is 11.4 Å². The normalized spacial score (nSPS) is 12.5. The molecule has 0 unspecified atom stereocenters. The van der Waals surface area contributed by atoms with Gasteiger partial charge in [-0.3, -0.25) is 0 Å². The lowest BCUT2D eigenvalue weighted by molar-refractivity contribution is 0.415. The summed E-state index contributed by atoms with van der Waals surface area (Å²) >= 11 is 1.85. The molecule has 0 saturated heterocycles. The van der Waals surface area contributed by atoms with Gasteiger partial charge in [-0.15, -0.1) is 0 Å². The first-order chi connectivity index (χ1) is 11.7. The molecular formula is C21H19NOS. The van der Waals surface area contributed by atoms with Crippen LogP contribution in [0.25, 0.3) is 0 Å². The highest BCUT2D eigenvalue weighted by atomic mass is 32.2. The van der Waals surface area contributed by atoms with Crippen molar-refractivity contribution >= 4 is 28.8 Å². The molecule has 1 heterocycles. The van der Waals surface area contributed by atoms with Gasteiger partial charge in [-0.25, -0.2) is 0 Å². The fraction of sp³-hybridized carbons (Fsp3) is 0.143. The van der Waals surface area contributed by atoms with Crippen molar-refractivity contribution in [1.82, 2.24) is 0 Å². The van der Waals surface area contributed by atoms with Crippen LogP contribution in [0.3, 0.4) is 0 Å². The van der Waals surface area contributed by atoms with Gasteiger partial charge in [0.1, 0.15) is 5.75 Å². The van der Waals surface area contributed by atoms with Gasteiger partial charge in [0.25, 0.3) is 0 Å². The second kappa shape index (κ2) is 5.91. The number of rotatable bonds is 2. The van der Waals surface area contributed by atoms with E-state index >= 15 is 0 Å². The molecule has 3 heteroatoms. The molecule has 4 rings (SSSR count). The lowest BCUT2D eigenvalue weighted by Crippen LogP contribution is -2.15. The summed E-state index contributed by atoms with van der Waals surface area (Å²) in [5, 5.41) is 0. The van der Waals surface area contributed by atoms with Crippen LogP contribution in [-0.4, -0.2) is 7.11 Å². The molecule has 1 aliphatic rings. The van der Waals surface area contributed by atoms with Crippen molar-refractivity contribution < 1.29 is 4.74 Å². The van der Waals surface area contributed by atoms with Crippen LogP contribution in [0, 0.1) is 13.8 Å². The number of hydrogen-bond donors (Lipinski definition) is 0. The van der Waals surface area contributed by atoms with Gasteiger partial charge >= 0.3 is 0 Å². The Kier molecular flexibility index (Phi) is 3.73. The molecule has 0 spiro atoms. The zero-order valence-electron chi connectivity index (χ0n) is 14.0. The summed E-state index contributed by atoms with van der Waals surface area (Å²) in [6.45, 7) is 4.29. The van der Waals surface area contributed by atoms with E-state index in [1.807, 2.05) is 23.9 Å². The van der Waals surface area contributed by atoms with Crippen LogP contribution in [0.5, 0.6) is 5.75 Å². The summed E-state index contributed by atoms with van der Waals surface area (Å²) in [4.78, 5) is 4.92. The minimum Gasteiger partial charge on any atom is -0.497 e. The molecule has 2 nitrogen and oxygen atoms in total. The van der Waals surface area contributed by atoms with E-state index < -0.39 is 0 Å². The molecule has 24 heavy (non-hydrogen) atoms. The van der Waals surface area contributed by atoms with Gasteiger partial charge in [-0.2, -0.15) is 0 Å². The first-order valence-electron chi connectivity index (χ1n) is 7.99. The van der Waals surface area contributed by atoms with E-state index in [1.165, 1.54) is 32.3 Å². The Bertz CT molecular complexity index is 851. The van der Waals surface area contributed by atoms with Crippen LogP contribution in [0.2, 0.25) is 0 Å². The molecule has 0 saturated carbocycles. The summed E-state index contributed by atoms with van der Waals surface area (Å²) in [5.74, 6) is 0.874. The monoisotopic (exact) mass is 333 g/mol. The van der Waals surface area contributed by atoms with Crippen LogP contribution < -0.4 is 9.64 Å². The Balaban J connectivity index is 1.91. The number of ether oxygens (including phenoxy) is 1. The predicted octanol–water partition coefficient (Wildman–Crippen LogP) is 6.25. The summed E-state index contributed by atoms with van der Waals surface area (Å²) in [6, 6.07) is 21.6. The predicted molar refractivity (Wildman–Crippen MR) is 101 cm³/mol. The van der Waals surface area contributed by atoms with Crippen molar-refractivity contribution in [2.24, 2.45) is 0 Å². The maximum absolute atomic E-state index is 5.30. The molecule has 3 aromatic rings. The minimum absolute atomic E-state index is 0.874. The van der Waals surface area contributed by atoms with E-state index in [1.54, 1.807) is 7.11 Å². The molecule has 0 atom stereocenters. The van der Waals surface area contributed by atoms with Crippen LogP contribution in [-0.2, 0) is 0 Å². The highest BCUT2D eigenvalue weighted by molar-refractivity contribution is 7.99. The first kappa shape index (κ1) is 15.2. The van der Waals surface area contributed by atoms with E-state index in [2.05, 4.69) is 67.3 Å². The molecule has 0 aliphatic carbocycles. The number of benzene rings is 3. The highest BCUT2D eigenvalue weighted by Crippen LogP contribution is 2.51. The molecule has 3 aromatic carbocycles. The van der Waals surface area contributed by atoms with Gasteiger partial charge < -0.3 is 9.64 Å². The summed E-state index contributed by atoms with van der Waals surface area (Å²) in [7, 11) is 1.70. The first-order valence-corrected chi connectivity index (χ1v) is 8.81. The fourth-order valence-electron chi connectivity index (χ4n) is 3.03. The molecule has 1 aliphatic heterocycles. The van der Waals surface area contributed by atoms with Crippen molar-refractivity contribution in [1.29, 1.82) is 0 Å². The summed E-state index contributed by atoms with van der Waals surface area (Å²) in [6.07, 6.45) is 0. The third-order valence-corrected chi connectivity index (χ3v) is 5.36. The van der Waals surface area contributed by atoms with Gasteiger partial charge in [0.2, 0.25) is 0 Å². The maximum atomic E-state index is 5.30. The lowest BCUT2D eigenvalue weighted by atomic mass is 10.1. The molecule has 0 amide bonds. The molecule has 0 N–H and O–H groups in total. The number of hydrogen-bond acceptors (Lipinski definition) is 3. The van der Waals surface area contributed by atoms with Crippen molar-refractivity contribution in [3.63, 3.8) is 0 Å². The van der Waals surface area contributed by atoms with Gasteiger partial charge in [-0.05, 0) is 73.5 Å². The zero-order chi connectivity index (χ0) is 16.7. The smallest absolute Gasteiger partial charge is 0.119 e. The second-order valence-electron chi connectivity index (χ2n) is 6.08. The van der Waals surface area contributed by atoms with Crippen LogP contribution in [0.1, 0.15) is 11.1 Å². The second-order valence-corrected chi connectivity index (χ2v) is 7.16. The van der Waals surface area contributed by atoms with Crippen molar-refractivity contribution in [2.75, 3.05) is 12.0 Å². The van der Waals surface area contributed by atoms with Crippen molar-refractivity contribution in [3.05, 3.63) is 71.8 Å². The molecule has 0 radical (unpaired) electrons. The Morgan fingerprint density at radius 1 is 0.750 bits per heavy atom. The topological polar surface area (TPSA) is 12.5 Å². The Labute approximate surface area is 147 Å². The lowest BCUT2D eigenvalue weighted by Gasteiger charge is -2.33. The van der Waals surface area contributed by atoms with Crippen molar-refractivity contribution in [2.45, 2.75) is 23.6 Å². The molecule has 0 bridgehead atoms. The number of nitrogens with zero attached hydrogens (tertiary/aromatic N) is 1. The third-order valence-electron chi connectivity index (χ3n) is 4.26. The van der Waals surface area contributed by atoms with Crippen LogP contribution >= 0.6 is 11.8 Å². The van der Waals surface area contributed by atoms with Gasteiger partial charge in [0.05, 0.1) is 18.5 Å². The minimum atomic E-state index is 0.874. The third kappa shape index (κ3) is 2.55. The maximum Gasteiger partial charge on any atom is 0.119 e. The van der Waals surface area contributed by atoms with Gasteiger partial charge in [0, 0.05) is 15.5 Å². The zero-order valence-corrected chi connectivity index (χ0v) is 14.9. The van der Waals surface area contributed by atoms with E-state index in [4.69, 9.17) is 4.74 Å². The van der Waals surface area contributed by atoms with Crippen LogP contribution in [0.4, 0.5) is 17.1 Å². The Morgan fingerprint density at radius 3 is 1.79 bits per heavy atom. The highest BCUT2D eigenvalue weighted by Gasteiger charge is 2.24. The average molecular weight is 333 g/mol. The number of fused-ring (bicyclic) bond motifs is 2. The molecule has 0 aromatic heterocycles.